The van der Waals surface area contributed by atoms with E-state index in [9.17, 15) is 4.39 Å². The van der Waals surface area contributed by atoms with Crippen LogP contribution in [0, 0.1) is 12.7 Å². The van der Waals surface area contributed by atoms with Gasteiger partial charge in [-0.3, -0.25) is 4.57 Å². The van der Waals surface area contributed by atoms with Gasteiger partial charge in [0.1, 0.15) is 18.2 Å². The van der Waals surface area contributed by atoms with Gasteiger partial charge in [0, 0.05) is 17.3 Å². The fourth-order valence-electron chi connectivity index (χ4n) is 2.54. The maximum atomic E-state index is 13.3. The zero-order valence-corrected chi connectivity index (χ0v) is 16.4. The van der Waals surface area contributed by atoms with Gasteiger partial charge in [-0.25, -0.2) is 4.39 Å². The Morgan fingerprint density at radius 2 is 2.11 bits per heavy atom. The van der Waals surface area contributed by atoms with Gasteiger partial charge < -0.3 is 4.74 Å². The third-order valence-electron chi connectivity index (χ3n) is 3.86. The van der Waals surface area contributed by atoms with Crippen molar-refractivity contribution in [2.75, 3.05) is 0 Å². The summed E-state index contributed by atoms with van der Waals surface area (Å²) < 4.78 is 21.2. The van der Waals surface area contributed by atoms with Crippen LogP contribution in [0.5, 0.6) is 5.75 Å². The molecule has 2 aromatic carbocycles. The second-order valence-electron chi connectivity index (χ2n) is 5.92. The lowest BCUT2D eigenvalue weighted by molar-refractivity contribution is 0.287. The maximum Gasteiger partial charge on any atom is 0.191 e. The van der Waals surface area contributed by atoms with Gasteiger partial charge in [-0.2, -0.15) is 0 Å². The number of aromatic nitrogens is 3. The number of hydrogen-bond donors (Lipinski definition) is 0. The quantitative estimate of drug-likeness (QED) is 0.371. The average Bonchev–Trinajstić information content (AvgIpc) is 3.01. The van der Waals surface area contributed by atoms with E-state index in [2.05, 4.69) is 16.8 Å². The van der Waals surface area contributed by atoms with Crippen molar-refractivity contribution >= 4 is 23.4 Å². The van der Waals surface area contributed by atoms with Gasteiger partial charge in [0.2, 0.25) is 0 Å². The number of aryl methyl sites for hydroxylation is 1. The zero-order chi connectivity index (χ0) is 19.2. The molecule has 3 rings (SSSR count). The molecule has 0 saturated heterocycles. The second-order valence-corrected chi connectivity index (χ2v) is 7.29. The molecular formula is C20H19ClFN3OS. The zero-order valence-electron chi connectivity index (χ0n) is 14.9. The first-order valence-corrected chi connectivity index (χ1v) is 9.72. The van der Waals surface area contributed by atoms with E-state index in [1.54, 1.807) is 18.2 Å². The summed E-state index contributed by atoms with van der Waals surface area (Å²) in [7, 11) is 0. The largest absolute Gasteiger partial charge is 0.485 e. The predicted molar refractivity (Wildman–Crippen MR) is 107 cm³/mol. The van der Waals surface area contributed by atoms with Crippen LogP contribution < -0.4 is 4.74 Å². The van der Waals surface area contributed by atoms with E-state index in [0.29, 0.717) is 23.1 Å². The highest BCUT2D eigenvalue weighted by molar-refractivity contribution is 7.98. The molecule has 0 radical (unpaired) electrons. The molecule has 7 heteroatoms. The summed E-state index contributed by atoms with van der Waals surface area (Å²) in [4.78, 5) is 0. The Balaban J connectivity index is 1.71. The number of thioether (sulfide) groups is 1. The van der Waals surface area contributed by atoms with Gasteiger partial charge in [0.15, 0.2) is 11.0 Å². The highest BCUT2D eigenvalue weighted by Gasteiger charge is 2.13. The summed E-state index contributed by atoms with van der Waals surface area (Å²) in [6.45, 7) is 6.59. The van der Waals surface area contributed by atoms with E-state index in [4.69, 9.17) is 16.3 Å². The van der Waals surface area contributed by atoms with Gasteiger partial charge in [-0.05, 0) is 48.4 Å². The fourth-order valence-corrected chi connectivity index (χ4v) is 3.67. The van der Waals surface area contributed by atoms with Crippen LogP contribution in [0.4, 0.5) is 4.39 Å². The molecule has 1 heterocycles. The molecule has 0 fully saturated rings. The molecule has 0 bridgehead atoms. The molecule has 0 spiro atoms. The van der Waals surface area contributed by atoms with Crippen molar-refractivity contribution in [2.45, 2.75) is 31.0 Å². The van der Waals surface area contributed by atoms with Crippen LogP contribution in [0.3, 0.4) is 0 Å². The van der Waals surface area contributed by atoms with Crippen LogP contribution in [0.1, 0.15) is 17.0 Å². The number of allylic oxidation sites excluding steroid dienone is 1. The SMILES string of the molecule is C=CCn1c(COc2ccc(Cl)cc2C)nnc1SCc1cccc(F)c1. The van der Waals surface area contributed by atoms with Crippen molar-refractivity contribution in [3.05, 3.63) is 82.9 Å². The number of hydrogen-bond acceptors (Lipinski definition) is 4. The van der Waals surface area contributed by atoms with E-state index < -0.39 is 0 Å². The lowest BCUT2D eigenvalue weighted by atomic mass is 10.2. The minimum Gasteiger partial charge on any atom is -0.485 e. The number of ether oxygens (including phenoxy) is 1. The van der Waals surface area contributed by atoms with E-state index in [1.165, 1.54) is 23.9 Å². The van der Waals surface area contributed by atoms with E-state index >= 15 is 0 Å². The van der Waals surface area contributed by atoms with Crippen molar-refractivity contribution in [1.29, 1.82) is 0 Å². The van der Waals surface area contributed by atoms with Crippen LogP contribution >= 0.6 is 23.4 Å². The smallest absolute Gasteiger partial charge is 0.191 e. The van der Waals surface area contributed by atoms with Gasteiger partial charge in [-0.1, -0.05) is 41.6 Å². The van der Waals surface area contributed by atoms with Crippen LogP contribution in [-0.4, -0.2) is 14.8 Å². The van der Waals surface area contributed by atoms with Gasteiger partial charge in [0.05, 0.1) is 0 Å². The van der Waals surface area contributed by atoms with E-state index in [-0.39, 0.29) is 12.4 Å². The highest BCUT2D eigenvalue weighted by Crippen LogP contribution is 2.25. The Kier molecular flexibility index (Phi) is 6.53. The average molecular weight is 404 g/mol. The van der Waals surface area contributed by atoms with E-state index in [0.717, 1.165) is 22.0 Å². The molecular weight excluding hydrogens is 385 g/mol. The number of benzene rings is 2. The molecule has 27 heavy (non-hydrogen) atoms. The molecule has 0 atom stereocenters. The molecule has 0 aliphatic heterocycles. The Hall–Kier alpha value is -2.31. The summed E-state index contributed by atoms with van der Waals surface area (Å²) >= 11 is 7.48. The molecule has 0 unspecified atom stereocenters. The Labute approximate surface area is 167 Å². The van der Waals surface area contributed by atoms with Crippen molar-refractivity contribution < 1.29 is 9.13 Å². The van der Waals surface area contributed by atoms with E-state index in [1.807, 2.05) is 29.7 Å². The third-order valence-corrected chi connectivity index (χ3v) is 5.13. The van der Waals surface area contributed by atoms with Crippen LogP contribution in [0.15, 0.2) is 60.3 Å². The fraction of sp³-hybridized carbons (Fsp3) is 0.200. The minimum absolute atomic E-state index is 0.243. The first-order chi connectivity index (χ1) is 13.1. The molecule has 140 valence electrons. The normalized spacial score (nSPS) is 10.8. The van der Waals surface area contributed by atoms with Crippen molar-refractivity contribution in [3.63, 3.8) is 0 Å². The van der Waals surface area contributed by atoms with Crippen LogP contribution in [0.2, 0.25) is 5.02 Å². The Morgan fingerprint density at radius 1 is 1.26 bits per heavy atom. The molecule has 0 N–H and O–H groups in total. The van der Waals surface area contributed by atoms with Gasteiger partial charge >= 0.3 is 0 Å². The first-order valence-electron chi connectivity index (χ1n) is 8.36. The molecule has 3 aromatic rings. The van der Waals surface area contributed by atoms with Crippen molar-refractivity contribution in [2.24, 2.45) is 0 Å². The van der Waals surface area contributed by atoms with Crippen molar-refractivity contribution in [3.8, 4) is 5.75 Å². The first kappa shape index (κ1) is 19.5. The summed E-state index contributed by atoms with van der Waals surface area (Å²) in [5.41, 5.74) is 1.85. The van der Waals surface area contributed by atoms with Gasteiger partial charge in [-0.15, -0.1) is 16.8 Å². The lowest BCUT2D eigenvalue weighted by Gasteiger charge is -2.11. The van der Waals surface area contributed by atoms with Crippen LogP contribution in [-0.2, 0) is 18.9 Å². The van der Waals surface area contributed by atoms with Crippen LogP contribution in [0.25, 0.3) is 0 Å². The monoisotopic (exact) mass is 403 g/mol. The molecule has 1 aromatic heterocycles. The predicted octanol–water partition coefficient (Wildman–Crippen LogP) is 5.44. The van der Waals surface area contributed by atoms with Gasteiger partial charge in [0.25, 0.3) is 0 Å². The second kappa shape index (κ2) is 9.06. The lowest BCUT2D eigenvalue weighted by Crippen LogP contribution is -2.08. The molecule has 0 aliphatic carbocycles. The summed E-state index contributed by atoms with van der Waals surface area (Å²) in [5.74, 6) is 1.81. The summed E-state index contributed by atoms with van der Waals surface area (Å²) in [6.07, 6.45) is 1.78. The third kappa shape index (κ3) is 5.11. The summed E-state index contributed by atoms with van der Waals surface area (Å²) in [6, 6.07) is 12.0. The topological polar surface area (TPSA) is 39.9 Å². The number of halogens is 2. The summed E-state index contributed by atoms with van der Waals surface area (Å²) in [5, 5.41) is 9.91. The number of nitrogens with zero attached hydrogens (tertiary/aromatic N) is 3. The van der Waals surface area contributed by atoms with Crippen molar-refractivity contribution in [1.82, 2.24) is 14.8 Å². The standard InChI is InChI=1S/C20H19ClFN3OS/c1-3-9-25-19(12-26-18-8-7-16(21)10-14(18)2)23-24-20(25)27-13-15-5-4-6-17(22)11-15/h3-8,10-11H,1,9,12-13H2,2H3. The molecule has 0 aliphatic rings. The molecule has 0 amide bonds. The number of rotatable bonds is 8. The highest BCUT2D eigenvalue weighted by atomic mass is 35.5. The molecule has 0 saturated carbocycles. The minimum atomic E-state index is -0.243. The molecule has 4 nitrogen and oxygen atoms in total. The Bertz CT molecular complexity index is 945. The maximum absolute atomic E-state index is 13.3. The Morgan fingerprint density at radius 3 is 2.85 bits per heavy atom.